The number of carbonyl (C=O) groups excluding carboxylic acids is 1. The van der Waals surface area contributed by atoms with Gasteiger partial charge in [0.1, 0.15) is 5.69 Å². The summed E-state index contributed by atoms with van der Waals surface area (Å²) in [5.41, 5.74) is 2.77. The fourth-order valence-corrected chi connectivity index (χ4v) is 4.00. The number of hydrogen-bond donors (Lipinski definition) is 1. The minimum absolute atomic E-state index is 0.138. The molecule has 6 nitrogen and oxygen atoms in total. The van der Waals surface area contributed by atoms with Crippen LogP contribution < -0.4 is 10.9 Å². The van der Waals surface area contributed by atoms with E-state index in [1.807, 2.05) is 19.1 Å². The molecule has 2 heterocycles. The zero-order valence-electron chi connectivity index (χ0n) is 16.0. The van der Waals surface area contributed by atoms with E-state index in [0.29, 0.717) is 10.8 Å². The molecule has 1 amide bonds. The zero-order valence-corrected chi connectivity index (χ0v) is 18.4. The first-order valence-corrected chi connectivity index (χ1v) is 10.8. The Morgan fingerprint density at radius 1 is 1.13 bits per heavy atom. The quantitative estimate of drug-likeness (QED) is 0.452. The summed E-state index contributed by atoms with van der Waals surface area (Å²) in [6, 6.07) is 17.9. The lowest BCUT2D eigenvalue weighted by Crippen LogP contribution is -2.24. The van der Waals surface area contributed by atoms with E-state index in [-0.39, 0.29) is 11.3 Å². The maximum absolute atomic E-state index is 12.6. The van der Waals surface area contributed by atoms with E-state index in [2.05, 4.69) is 43.5 Å². The van der Waals surface area contributed by atoms with Gasteiger partial charge in [0.05, 0.1) is 5.69 Å². The summed E-state index contributed by atoms with van der Waals surface area (Å²) in [6.45, 7) is 2.05. The van der Waals surface area contributed by atoms with Crippen molar-refractivity contribution in [2.75, 3.05) is 5.32 Å². The Hall–Kier alpha value is -3.10. The van der Waals surface area contributed by atoms with Crippen LogP contribution in [0, 0.1) is 6.92 Å². The highest BCUT2D eigenvalue weighted by Crippen LogP contribution is 2.24. The summed E-state index contributed by atoms with van der Waals surface area (Å²) in [6.07, 6.45) is 2.49. The zero-order chi connectivity index (χ0) is 21.1. The molecule has 0 unspecified atom stereocenters. The molecule has 150 valence electrons. The SMILES string of the molecule is Cc1cc(Cc2cnc(NC(=O)c3ccc(=O)n(-c4ccccc4)n3)s2)ccc1Br. The molecular weight excluding hydrogens is 464 g/mol. The molecule has 0 atom stereocenters. The lowest BCUT2D eigenvalue weighted by molar-refractivity contribution is 0.102. The third-order valence-electron chi connectivity index (χ3n) is 4.41. The van der Waals surface area contributed by atoms with Crippen LogP contribution in [0.2, 0.25) is 0 Å². The van der Waals surface area contributed by atoms with Crippen molar-refractivity contribution in [1.82, 2.24) is 14.8 Å². The number of halogens is 1. The van der Waals surface area contributed by atoms with Crippen molar-refractivity contribution < 1.29 is 4.79 Å². The number of para-hydroxylation sites is 1. The number of rotatable bonds is 5. The van der Waals surface area contributed by atoms with Gasteiger partial charge in [0, 0.05) is 28.0 Å². The first-order valence-electron chi connectivity index (χ1n) is 9.16. The van der Waals surface area contributed by atoms with E-state index in [9.17, 15) is 9.59 Å². The van der Waals surface area contributed by atoms with Crippen molar-refractivity contribution in [2.45, 2.75) is 13.3 Å². The highest BCUT2D eigenvalue weighted by atomic mass is 79.9. The number of thiazole rings is 1. The van der Waals surface area contributed by atoms with Crippen molar-refractivity contribution in [3.63, 3.8) is 0 Å². The van der Waals surface area contributed by atoms with Gasteiger partial charge in [0.15, 0.2) is 5.13 Å². The van der Waals surface area contributed by atoms with Gasteiger partial charge in [-0.25, -0.2) is 4.98 Å². The first-order chi connectivity index (χ1) is 14.5. The molecule has 0 radical (unpaired) electrons. The standard InChI is InChI=1S/C22H17BrN4O2S/c1-14-11-15(7-8-18(14)23)12-17-13-24-22(30-17)25-21(29)19-9-10-20(28)27(26-19)16-5-3-2-4-6-16/h2-11,13H,12H2,1H3,(H,24,25,29). The maximum Gasteiger partial charge on any atom is 0.277 e. The Kier molecular flexibility index (Phi) is 5.87. The molecule has 0 fully saturated rings. The Bertz CT molecular complexity index is 1270. The molecule has 0 aliphatic carbocycles. The molecule has 0 aliphatic heterocycles. The van der Waals surface area contributed by atoms with Crippen LogP contribution in [0.25, 0.3) is 5.69 Å². The van der Waals surface area contributed by atoms with Crippen LogP contribution in [0.15, 0.2) is 76.1 Å². The van der Waals surface area contributed by atoms with Crippen LogP contribution in [0.3, 0.4) is 0 Å². The monoisotopic (exact) mass is 480 g/mol. The Morgan fingerprint density at radius 2 is 1.93 bits per heavy atom. The van der Waals surface area contributed by atoms with Gasteiger partial charge in [-0.1, -0.05) is 46.3 Å². The minimum Gasteiger partial charge on any atom is -0.296 e. The van der Waals surface area contributed by atoms with Crippen molar-refractivity contribution in [1.29, 1.82) is 0 Å². The first kappa shape index (κ1) is 20.2. The third kappa shape index (κ3) is 4.55. The molecular formula is C22H17BrN4O2S. The van der Waals surface area contributed by atoms with Crippen LogP contribution in [-0.4, -0.2) is 20.7 Å². The number of anilines is 1. The molecule has 0 saturated carbocycles. The van der Waals surface area contributed by atoms with E-state index in [1.54, 1.807) is 30.5 Å². The van der Waals surface area contributed by atoms with Gasteiger partial charge in [0.2, 0.25) is 0 Å². The van der Waals surface area contributed by atoms with Gasteiger partial charge < -0.3 is 0 Å². The van der Waals surface area contributed by atoms with Gasteiger partial charge in [-0.05, 0) is 42.3 Å². The molecule has 8 heteroatoms. The van der Waals surface area contributed by atoms with Crippen LogP contribution in [0.1, 0.15) is 26.5 Å². The van der Waals surface area contributed by atoms with Gasteiger partial charge >= 0.3 is 0 Å². The lowest BCUT2D eigenvalue weighted by atomic mass is 10.1. The topological polar surface area (TPSA) is 76.9 Å². The van der Waals surface area contributed by atoms with E-state index in [1.165, 1.54) is 39.3 Å². The number of aromatic nitrogens is 3. The number of hydrogen-bond acceptors (Lipinski definition) is 5. The predicted molar refractivity (Wildman–Crippen MR) is 122 cm³/mol. The largest absolute Gasteiger partial charge is 0.296 e. The third-order valence-corrected chi connectivity index (χ3v) is 6.21. The van der Waals surface area contributed by atoms with E-state index in [4.69, 9.17) is 0 Å². The van der Waals surface area contributed by atoms with Crippen LogP contribution in [0.4, 0.5) is 5.13 Å². The number of benzene rings is 2. The molecule has 0 saturated heterocycles. The van der Waals surface area contributed by atoms with Crippen LogP contribution >= 0.6 is 27.3 Å². The Labute approximate surface area is 185 Å². The van der Waals surface area contributed by atoms with Gasteiger partial charge in [-0.3, -0.25) is 14.9 Å². The summed E-state index contributed by atoms with van der Waals surface area (Å²) >= 11 is 4.92. The van der Waals surface area contributed by atoms with Crippen LogP contribution in [0.5, 0.6) is 0 Å². The number of amides is 1. The van der Waals surface area contributed by atoms with Gasteiger partial charge in [0.25, 0.3) is 11.5 Å². The minimum atomic E-state index is -0.417. The second kappa shape index (κ2) is 8.73. The molecule has 0 spiro atoms. The normalized spacial score (nSPS) is 10.7. The molecule has 4 rings (SSSR count). The van der Waals surface area contributed by atoms with Crippen LogP contribution in [-0.2, 0) is 6.42 Å². The van der Waals surface area contributed by atoms with Crippen molar-refractivity contribution in [2.24, 2.45) is 0 Å². The molecule has 0 bridgehead atoms. The maximum atomic E-state index is 12.6. The van der Waals surface area contributed by atoms with E-state index < -0.39 is 5.91 Å². The van der Waals surface area contributed by atoms with E-state index in [0.717, 1.165) is 15.8 Å². The van der Waals surface area contributed by atoms with Gasteiger partial charge in [-0.2, -0.15) is 9.78 Å². The number of nitrogens with zero attached hydrogens (tertiary/aromatic N) is 3. The van der Waals surface area contributed by atoms with Crippen molar-refractivity contribution >= 4 is 38.3 Å². The summed E-state index contributed by atoms with van der Waals surface area (Å²) < 4.78 is 2.28. The molecule has 4 aromatic rings. The molecule has 30 heavy (non-hydrogen) atoms. The summed E-state index contributed by atoms with van der Waals surface area (Å²) in [7, 11) is 0. The second-order valence-electron chi connectivity index (χ2n) is 6.65. The Morgan fingerprint density at radius 3 is 2.70 bits per heavy atom. The summed E-state index contributed by atoms with van der Waals surface area (Å²) in [5.74, 6) is -0.417. The molecule has 2 aromatic carbocycles. The number of aryl methyl sites for hydroxylation is 1. The van der Waals surface area contributed by atoms with Crippen molar-refractivity contribution in [3.8, 4) is 5.69 Å². The van der Waals surface area contributed by atoms with E-state index >= 15 is 0 Å². The molecule has 0 aliphatic rings. The fraction of sp³-hybridized carbons (Fsp3) is 0.0909. The highest BCUT2D eigenvalue weighted by molar-refractivity contribution is 9.10. The average Bonchev–Trinajstić information content (AvgIpc) is 3.18. The Balaban J connectivity index is 1.49. The van der Waals surface area contributed by atoms with Crippen molar-refractivity contribution in [3.05, 3.63) is 103 Å². The number of carbonyl (C=O) groups is 1. The molecule has 2 aromatic heterocycles. The van der Waals surface area contributed by atoms with Gasteiger partial charge in [-0.15, -0.1) is 11.3 Å². The summed E-state index contributed by atoms with van der Waals surface area (Å²) in [5, 5.41) is 7.45. The smallest absolute Gasteiger partial charge is 0.277 e. The highest BCUT2D eigenvalue weighted by Gasteiger charge is 2.13. The average molecular weight is 481 g/mol. The predicted octanol–water partition coefficient (Wildman–Crippen LogP) is 4.60. The molecule has 1 N–H and O–H groups in total. The number of nitrogens with one attached hydrogen (secondary N) is 1. The lowest BCUT2D eigenvalue weighted by Gasteiger charge is -2.06. The fourth-order valence-electron chi connectivity index (χ4n) is 2.91. The summed E-state index contributed by atoms with van der Waals surface area (Å²) in [4.78, 5) is 30.1. The second-order valence-corrected chi connectivity index (χ2v) is 8.62.